The molecule has 0 radical (unpaired) electrons. The van der Waals surface area contributed by atoms with Crippen LogP contribution in [0.15, 0.2) is 66.9 Å². The molecule has 0 bridgehead atoms. The number of ether oxygens (including phenoxy) is 1. The second kappa shape index (κ2) is 10.6. The zero-order valence-electron chi connectivity index (χ0n) is 22.7. The number of nitriles is 1. The summed E-state index contributed by atoms with van der Waals surface area (Å²) in [6.45, 7) is -0.162. The molecule has 2 atom stereocenters. The molecule has 1 aliphatic carbocycles. The van der Waals surface area contributed by atoms with Gasteiger partial charge in [-0.1, -0.05) is 41.9 Å². The molecule has 2 aliphatic rings. The third-order valence-electron chi connectivity index (χ3n) is 7.75. The number of hydrogen-bond donors (Lipinski definition) is 2. The van der Waals surface area contributed by atoms with Crippen molar-refractivity contribution in [3.63, 3.8) is 0 Å². The number of carbonyl (C=O) groups is 1. The van der Waals surface area contributed by atoms with Crippen molar-refractivity contribution in [3.05, 3.63) is 106 Å². The Kier molecular flexibility index (Phi) is 7.07. The number of rotatable bonds is 9. The Bertz CT molecular complexity index is 1720. The maximum atomic E-state index is 16.4. The van der Waals surface area contributed by atoms with E-state index in [9.17, 15) is 20.3 Å². The molecule has 1 aliphatic heterocycles. The van der Waals surface area contributed by atoms with E-state index < -0.39 is 29.3 Å². The third-order valence-corrected chi connectivity index (χ3v) is 8.00. The number of fused-ring (bicyclic) bond motifs is 1. The molecular formula is C31H27ClFN5O4. The summed E-state index contributed by atoms with van der Waals surface area (Å²) < 4.78 is 24.4. The lowest BCUT2D eigenvalue weighted by atomic mass is 9.92. The maximum absolute atomic E-state index is 16.4. The molecule has 0 saturated heterocycles. The Morgan fingerprint density at radius 2 is 1.90 bits per heavy atom. The average Bonchev–Trinajstić information content (AvgIpc) is 3.49. The lowest BCUT2D eigenvalue weighted by molar-refractivity contribution is -0.198. The van der Waals surface area contributed by atoms with Crippen LogP contribution >= 0.6 is 11.6 Å². The minimum Gasteiger partial charge on any atom is -0.387 e. The molecule has 11 heteroatoms. The van der Waals surface area contributed by atoms with Gasteiger partial charge in [0.1, 0.15) is 23.8 Å². The number of benzene rings is 2. The molecule has 1 amide bonds. The third kappa shape index (κ3) is 5.05. The first-order valence-electron chi connectivity index (χ1n) is 13.4. The highest BCUT2D eigenvalue weighted by molar-refractivity contribution is 6.30. The summed E-state index contributed by atoms with van der Waals surface area (Å²) in [6.07, 6.45) is 1.07. The monoisotopic (exact) mass is 587 g/mol. The number of aliphatic hydroxyl groups is 2. The predicted molar refractivity (Wildman–Crippen MR) is 150 cm³/mol. The number of aromatic nitrogens is 3. The van der Waals surface area contributed by atoms with Gasteiger partial charge in [0.15, 0.2) is 5.72 Å². The van der Waals surface area contributed by atoms with E-state index in [1.807, 2.05) is 6.07 Å². The van der Waals surface area contributed by atoms with E-state index in [-0.39, 0.29) is 41.8 Å². The smallest absolute Gasteiger partial charge is 0.261 e. The summed E-state index contributed by atoms with van der Waals surface area (Å²) in [5.74, 6) is -1.55. The Morgan fingerprint density at radius 1 is 1.14 bits per heavy atom. The molecule has 1 saturated carbocycles. The fourth-order valence-corrected chi connectivity index (χ4v) is 5.54. The van der Waals surface area contributed by atoms with Crippen molar-refractivity contribution in [1.29, 1.82) is 5.26 Å². The number of aryl methyl sites for hydroxylation is 1. The van der Waals surface area contributed by atoms with Gasteiger partial charge in [-0.3, -0.25) is 14.4 Å². The van der Waals surface area contributed by atoms with E-state index in [4.69, 9.17) is 16.3 Å². The second-order valence-electron chi connectivity index (χ2n) is 10.8. The summed E-state index contributed by atoms with van der Waals surface area (Å²) in [7, 11) is 1.73. The van der Waals surface area contributed by atoms with E-state index in [0.29, 0.717) is 34.8 Å². The molecule has 42 heavy (non-hydrogen) atoms. The quantitative estimate of drug-likeness (QED) is 0.302. The molecule has 0 spiro atoms. The van der Waals surface area contributed by atoms with Gasteiger partial charge >= 0.3 is 0 Å². The second-order valence-corrected chi connectivity index (χ2v) is 11.2. The van der Waals surface area contributed by atoms with Crippen molar-refractivity contribution in [2.45, 2.75) is 43.2 Å². The molecule has 4 aromatic rings. The molecule has 214 valence electrons. The van der Waals surface area contributed by atoms with Crippen LogP contribution in [-0.4, -0.2) is 54.2 Å². The Morgan fingerprint density at radius 3 is 2.57 bits per heavy atom. The average molecular weight is 588 g/mol. The zero-order chi connectivity index (χ0) is 29.6. The van der Waals surface area contributed by atoms with Crippen molar-refractivity contribution >= 4 is 17.5 Å². The molecule has 3 heterocycles. The van der Waals surface area contributed by atoms with Gasteiger partial charge in [-0.25, -0.2) is 9.37 Å². The van der Waals surface area contributed by atoms with Crippen LogP contribution in [0.1, 0.15) is 45.8 Å². The number of aliphatic hydroxyl groups excluding tert-OH is 1. The zero-order valence-corrected chi connectivity index (χ0v) is 23.4. The Balaban J connectivity index is 1.52. The van der Waals surface area contributed by atoms with E-state index in [1.165, 1.54) is 0 Å². The van der Waals surface area contributed by atoms with Crippen LogP contribution in [0.2, 0.25) is 5.02 Å². The Labute approximate surface area is 246 Å². The first kappa shape index (κ1) is 28.0. The minimum absolute atomic E-state index is 0.0622. The van der Waals surface area contributed by atoms with Crippen LogP contribution in [0.4, 0.5) is 4.39 Å². The highest BCUT2D eigenvalue weighted by atomic mass is 35.5. The van der Waals surface area contributed by atoms with Gasteiger partial charge in [0.25, 0.3) is 5.91 Å². The van der Waals surface area contributed by atoms with Crippen LogP contribution in [0.3, 0.4) is 0 Å². The summed E-state index contributed by atoms with van der Waals surface area (Å²) in [5, 5.41) is 36.6. The van der Waals surface area contributed by atoms with Crippen molar-refractivity contribution < 1.29 is 24.1 Å². The first-order valence-corrected chi connectivity index (χ1v) is 13.8. The summed E-state index contributed by atoms with van der Waals surface area (Å²) >= 11 is 6.04. The molecule has 2 aromatic carbocycles. The number of halogens is 2. The molecule has 1 unspecified atom stereocenters. The van der Waals surface area contributed by atoms with Crippen LogP contribution in [0.5, 0.6) is 0 Å². The summed E-state index contributed by atoms with van der Waals surface area (Å²) in [5.41, 5.74) is -1.17. The van der Waals surface area contributed by atoms with Crippen molar-refractivity contribution in [2.75, 3.05) is 6.61 Å². The van der Waals surface area contributed by atoms with Gasteiger partial charge in [-0.15, -0.1) is 0 Å². The lowest BCUT2D eigenvalue weighted by Gasteiger charge is -2.41. The standard InChI is InChI=1S/C31H27ClFN5O4/c1-37-14-11-21(36-37)15-26(39)38-29(40)27-25(10-9-24(28(27)33)19-5-7-20(32)8-6-19)31(38,42-18-30(41)12-13-30)16-22-3-2-4-23(17-34)35-22/h2-11,14,26,39,41H,12-13,15-16,18H2,1H3/t26?,31-/m1/s1. The van der Waals surface area contributed by atoms with Gasteiger partial charge < -0.3 is 14.9 Å². The molecule has 9 nitrogen and oxygen atoms in total. The number of hydrogen-bond acceptors (Lipinski definition) is 7. The number of carbonyl (C=O) groups excluding carboxylic acids is 1. The highest BCUT2D eigenvalue weighted by Gasteiger charge is 2.57. The number of amides is 1. The van der Waals surface area contributed by atoms with Crippen LogP contribution < -0.4 is 0 Å². The van der Waals surface area contributed by atoms with Crippen LogP contribution in [-0.2, 0) is 30.4 Å². The van der Waals surface area contributed by atoms with Crippen LogP contribution in [0, 0.1) is 17.1 Å². The van der Waals surface area contributed by atoms with Gasteiger partial charge in [0.05, 0.1) is 23.5 Å². The molecule has 6 rings (SSSR count). The number of nitrogens with zero attached hydrogens (tertiary/aromatic N) is 5. The van der Waals surface area contributed by atoms with Gasteiger partial charge in [-0.05, 0) is 48.7 Å². The first-order chi connectivity index (χ1) is 20.1. The minimum atomic E-state index is -1.75. The van der Waals surface area contributed by atoms with Crippen molar-refractivity contribution in [3.8, 4) is 17.2 Å². The van der Waals surface area contributed by atoms with E-state index in [2.05, 4.69) is 10.1 Å². The van der Waals surface area contributed by atoms with E-state index >= 15 is 4.39 Å². The summed E-state index contributed by atoms with van der Waals surface area (Å²) in [6, 6.07) is 18.3. The topological polar surface area (TPSA) is 124 Å². The van der Waals surface area contributed by atoms with Gasteiger partial charge in [0.2, 0.25) is 0 Å². The largest absolute Gasteiger partial charge is 0.387 e. The predicted octanol–water partition coefficient (Wildman–Crippen LogP) is 4.10. The van der Waals surface area contributed by atoms with Gasteiger partial charge in [-0.2, -0.15) is 10.4 Å². The lowest BCUT2D eigenvalue weighted by Crippen LogP contribution is -2.54. The summed E-state index contributed by atoms with van der Waals surface area (Å²) in [4.78, 5) is 19.7. The molecular weight excluding hydrogens is 561 g/mol. The van der Waals surface area contributed by atoms with Crippen molar-refractivity contribution in [1.82, 2.24) is 19.7 Å². The maximum Gasteiger partial charge on any atom is 0.261 e. The fourth-order valence-electron chi connectivity index (χ4n) is 5.41. The van der Waals surface area contributed by atoms with E-state index in [1.54, 1.807) is 78.6 Å². The fraction of sp³-hybridized carbons (Fsp3) is 0.290. The van der Waals surface area contributed by atoms with Crippen molar-refractivity contribution in [2.24, 2.45) is 7.05 Å². The van der Waals surface area contributed by atoms with Crippen LogP contribution in [0.25, 0.3) is 11.1 Å². The molecule has 2 N–H and O–H groups in total. The highest BCUT2D eigenvalue weighted by Crippen LogP contribution is 2.48. The normalized spacial score (nSPS) is 19.4. The molecule has 1 fully saturated rings. The number of pyridine rings is 1. The van der Waals surface area contributed by atoms with Gasteiger partial charge in [0, 0.05) is 47.9 Å². The Hall–Kier alpha value is -4.14. The van der Waals surface area contributed by atoms with E-state index in [0.717, 1.165) is 4.90 Å². The SMILES string of the molecule is Cn1ccc(CC(O)N2C(=O)c3c(ccc(-c4ccc(Cl)cc4)c3F)[C@@]2(Cc2cccc(C#N)n2)OCC2(O)CC2)n1. The molecule has 2 aromatic heterocycles.